The first kappa shape index (κ1) is 8.49. The monoisotopic (exact) mass is 219 g/mol. The molecule has 1 N–H and O–H groups in total. The summed E-state index contributed by atoms with van der Waals surface area (Å²) in [7, 11) is 0. The molecule has 0 amide bonds. The summed E-state index contributed by atoms with van der Waals surface area (Å²) in [6.07, 6.45) is 0. The first-order valence-corrected chi connectivity index (χ1v) is 4.77. The van der Waals surface area contributed by atoms with Gasteiger partial charge in [0.2, 0.25) is 11.1 Å². The SMILES string of the molecule is Clc1nc(-c2cc3ccccc3o2)n[nH]1. The Hall–Kier alpha value is -1.81. The fourth-order valence-electron chi connectivity index (χ4n) is 1.44. The molecule has 2 heterocycles. The van der Waals surface area contributed by atoms with Crippen molar-refractivity contribution in [3.8, 4) is 11.6 Å². The lowest BCUT2D eigenvalue weighted by Gasteiger charge is -1.84. The highest BCUT2D eigenvalue weighted by Gasteiger charge is 2.09. The van der Waals surface area contributed by atoms with E-state index in [1.807, 2.05) is 30.3 Å². The molecule has 15 heavy (non-hydrogen) atoms. The highest BCUT2D eigenvalue weighted by atomic mass is 35.5. The van der Waals surface area contributed by atoms with E-state index in [0.29, 0.717) is 11.6 Å². The van der Waals surface area contributed by atoms with Crippen molar-refractivity contribution in [1.82, 2.24) is 15.2 Å². The minimum absolute atomic E-state index is 0.255. The molecule has 1 aromatic carbocycles. The number of fused-ring (bicyclic) bond motifs is 1. The van der Waals surface area contributed by atoms with Crippen molar-refractivity contribution in [3.05, 3.63) is 35.6 Å². The Morgan fingerprint density at radius 1 is 1.27 bits per heavy atom. The number of para-hydroxylation sites is 1. The van der Waals surface area contributed by atoms with Gasteiger partial charge in [0.05, 0.1) is 0 Å². The third-order valence-electron chi connectivity index (χ3n) is 2.10. The summed E-state index contributed by atoms with van der Waals surface area (Å²) in [5, 5.41) is 7.75. The molecule has 0 bridgehead atoms. The molecule has 0 aliphatic rings. The summed E-state index contributed by atoms with van der Waals surface area (Å²) in [6, 6.07) is 9.62. The second-order valence-electron chi connectivity index (χ2n) is 3.10. The second-order valence-corrected chi connectivity index (χ2v) is 3.46. The van der Waals surface area contributed by atoms with Gasteiger partial charge >= 0.3 is 0 Å². The smallest absolute Gasteiger partial charge is 0.218 e. The van der Waals surface area contributed by atoms with Crippen LogP contribution in [0.1, 0.15) is 0 Å². The Balaban J connectivity index is 2.19. The first-order valence-electron chi connectivity index (χ1n) is 4.40. The van der Waals surface area contributed by atoms with Gasteiger partial charge in [-0.25, -0.2) is 5.10 Å². The van der Waals surface area contributed by atoms with E-state index in [1.165, 1.54) is 0 Å². The molecule has 0 saturated heterocycles. The minimum atomic E-state index is 0.255. The quantitative estimate of drug-likeness (QED) is 0.685. The number of aromatic nitrogens is 3. The fraction of sp³-hybridized carbons (Fsp3) is 0. The number of benzene rings is 1. The minimum Gasteiger partial charge on any atom is -0.453 e. The molecule has 2 aromatic heterocycles. The Kier molecular flexibility index (Phi) is 1.76. The summed E-state index contributed by atoms with van der Waals surface area (Å²) in [6.45, 7) is 0. The molecule has 5 heteroatoms. The average Bonchev–Trinajstić information content (AvgIpc) is 2.82. The fourth-order valence-corrected chi connectivity index (χ4v) is 1.57. The van der Waals surface area contributed by atoms with E-state index in [1.54, 1.807) is 0 Å². The molecule has 0 unspecified atom stereocenters. The second kappa shape index (κ2) is 3.10. The molecule has 0 radical (unpaired) electrons. The van der Waals surface area contributed by atoms with Crippen LogP contribution in [0.2, 0.25) is 5.28 Å². The molecule has 0 fully saturated rings. The summed E-state index contributed by atoms with van der Waals surface area (Å²) in [5.41, 5.74) is 0.813. The third-order valence-corrected chi connectivity index (χ3v) is 2.27. The molecular weight excluding hydrogens is 214 g/mol. The summed E-state index contributed by atoms with van der Waals surface area (Å²) in [5.74, 6) is 1.08. The van der Waals surface area contributed by atoms with Gasteiger partial charge < -0.3 is 4.42 Å². The summed E-state index contributed by atoms with van der Waals surface area (Å²) >= 11 is 5.64. The number of aromatic amines is 1. The van der Waals surface area contributed by atoms with Gasteiger partial charge in [0.1, 0.15) is 5.58 Å². The molecule has 0 aliphatic carbocycles. The number of furan rings is 1. The third kappa shape index (κ3) is 1.39. The van der Waals surface area contributed by atoms with Crippen molar-refractivity contribution in [2.24, 2.45) is 0 Å². The Morgan fingerprint density at radius 3 is 2.87 bits per heavy atom. The molecule has 3 rings (SSSR count). The van der Waals surface area contributed by atoms with Gasteiger partial charge in [-0.2, -0.15) is 4.98 Å². The Morgan fingerprint density at radius 2 is 2.13 bits per heavy atom. The lowest BCUT2D eigenvalue weighted by Crippen LogP contribution is -1.74. The largest absolute Gasteiger partial charge is 0.453 e. The highest BCUT2D eigenvalue weighted by Crippen LogP contribution is 2.25. The van der Waals surface area contributed by atoms with Crippen LogP contribution < -0.4 is 0 Å². The van der Waals surface area contributed by atoms with Crippen molar-refractivity contribution in [1.29, 1.82) is 0 Å². The van der Waals surface area contributed by atoms with Crippen LogP contribution >= 0.6 is 11.6 Å². The van der Waals surface area contributed by atoms with Crippen molar-refractivity contribution < 1.29 is 4.42 Å². The van der Waals surface area contributed by atoms with Crippen LogP contribution in [0, 0.1) is 0 Å². The van der Waals surface area contributed by atoms with Gasteiger partial charge in [0.25, 0.3) is 0 Å². The Bertz CT molecular complexity index is 581. The van der Waals surface area contributed by atoms with Crippen molar-refractivity contribution in [2.75, 3.05) is 0 Å². The lowest BCUT2D eigenvalue weighted by atomic mass is 10.2. The summed E-state index contributed by atoms with van der Waals surface area (Å²) < 4.78 is 5.56. The molecule has 3 aromatic rings. The number of rotatable bonds is 1. The summed E-state index contributed by atoms with van der Waals surface area (Å²) in [4.78, 5) is 3.98. The van der Waals surface area contributed by atoms with Crippen LogP contribution in [-0.4, -0.2) is 15.2 Å². The van der Waals surface area contributed by atoms with Gasteiger partial charge in [-0.05, 0) is 23.7 Å². The van der Waals surface area contributed by atoms with Gasteiger partial charge in [-0.15, -0.1) is 5.10 Å². The zero-order valence-corrected chi connectivity index (χ0v) is 8.32. The van der Waals surface area contributed by atoms with Crippen LogP contribution in [0.4, 0.5) is 0 Å². The van der Waals surface area contributed by atoms with E-state index in [9.17, 15) is 0 Å². The molecule has 0 aliphatic heterocycles. The van der Waals surface area contributed by atoms with Crippen molar-refractivity contribution in [2.45, 2.75) is 0 Å². The number of hydrogen-bond acceptors (Lipinski definition) is 3. The first-order chi connectivity index (χ1) is 7.33. The van der Waals surface area contributed by atoms with Crippen LogP contribution in [0.25, 0.3) is 22.6 Å². The van der Waals surface area contributed by atoms with E-state index in [-0.39, 0.29) is 5.28 Å². The van der Waals surface area contributed by atoms with Gasteiger partial charge in [0.15, 0.2) is 5.76 Å². The maximum absolute atomic E-state index is 5.64. The number of nitrogens with zero attached hydrogens (tertiary/aromatic N) is 2. The zero-order chi connectivity index (χ0) is 10.3. The topological polar surface area (TPSA) is 54.7 Å². The number of hydrogen-bond donors (Lipinski definition) is 1. The maximum Gasteiger partial charge on any atom is 0.218 e. The number of halogens is 1. The number of H-pyrrole nitrogens is 1. The molecule has 74 valence electrons. The van der Waals surface area contributed by atoms with E-state index in [0.717, 1.165) is 11.0 Å². The molecule has 0 atom stereocenters. The maximum atomic E-state index is 5.64. The van der Waals surface area contributed by atoms with Crippen LogP contribution in [0.5, 0.6) is 0 Å². The normalized spacial score (nSPS) is 11.0. The average molecular weight is 220 g/mol. The molecule has 0 saturated carbocycles. The Labute approximate surface area is 89.9 Å². The van der Waals surface area contributed by atoms with Crippen molar-refractivity contribution in [3.63, 3.8) is 0 Å². The van der Waals surface area contributed by atoms with Crippen LogP contribution in [-0.2, 0) is 0 Å². The molecule has 4 nitrogen and oxygen atoms in total. The van der Waals surface area contributed by atoms with E-state index in [2.05, 4.69) is 15.2 Å². The van der Waals surface area contributed by atoms with Crippen LogP contribution in [0.3, 0.4) is 0 Å². The molecular formula is C10H6ClN3O. The van der Waals surface area contributed by atoms with E-state index < -0.39 is 0 Å². The predicted octanol–water partition coefficient (Wildman–Crippen LogP) is 2.87. The zero-order valence-electron chi connectivity index (χ0n) is 7.57. The molecule has 0 spiro atoms. The van der Waals surface area contributed by atoms with E-state index in [4.69, 9.17) is 16.0 Å². The number of nitrogens with one attached hydrogen (secondary N) is 1. The van der Waals surface area contributed by atoms with Crippen LogP contribution in [0.15, 0.2) is 34.7 Å². The van der Waals surface area contributed by atoms with Gasteiger partial charge in [-0.1, -0.05) is 18.2 Å². The highest BCUT2D eigenvalue weighted by molar-refractivity contribution is 6.28. The van der Waals surface area contributed by atoms with Gasteiger partial charge in [-0.3, -0.25) is 0 Å². The van der Waals surface area contributed by atoms with Crippen molar-refractivity contribution >= 4 is 22.6 Å². The van der Waals surface area contributed by atoms with Gasteiger partial charge in [0, 0.05) is 5.39 Å². The lowest BCUT2D eigenvalue weighted by molar-refractivity contribution is 0.625. The van der Waals surface area contributed by atoms with E-state index >= 15 is 0 Å². The predicted molar refractivity (Wildman–Crippen MR) is 56.6 cm³/mol. The standard InChI is InChI=1S/C10H6ClN3O/c11-10-12-9(13-14-10)8-5-6-3-1-2-4-7(6)15-8/h1-5H,(H,12,13,14).